The lowest BCUT2D eigenvalue weighted by Crippen LogP contribution is -2.46. The van der Waals surface area contributed by atoms with Crippen LogP contribution in [-0.2, 0) is 4.74 Å². The standard InChI is InChI=1S/C9H18O3/c1-5-6(2)8(4-10)12-9(11)7(5)3/h5-11H,4H2,1-3H3. The number of ether oxygens (including phenoxy) is 1. The van der Waals surface area contributed by atoms with Crippen molar-refractivity contribution in [1.82, 2.24) is 0 Å². The highest BCUT2D eigenvalue weighted by Crippen LogP contribution is 2.33. The van der Waals surface area contributed by atoms with Gasteiger partial charge in [0.15, 0.2) is 6.29 Å². The molecule has 5 atom stereocenters. The molecule has 0 amide bonds. The third kappa shape index (κ3) is 1.63. The summed E-state index contributed by atoms with van der Waals surface area (Å²) in [6, 6.07) is 0. The fourth-order valence-corrected chi connectivity index (χ4v) is 1.71. The van der Waals surface area contributed by atoms with E-state index in [1.807, 2.05) is 13.8 Å². The summed E-state index contributed by atoms with van der Waals surface area (Å²) < 4.78 is 5.24. The molecule has 1 rings (SSSR count). The Balaban J connectivity index is 2.63. The second kappa shape index (κ2) is 3.73. The molecule has 5 unspecified atom stereocenters. The van der Waals surface area contributed by atoms with Gasteiger partial charge >= 0.3 is 0 Å². The SMILES string of the molecule is CC1C(O)OC(CO)C(C)C1C. The molecule has 12 heavy (non-hydrogen) atoms. The van der Waals surface area contributed by atoms with Gasteiger partial charge in [0.1, 0.15) is 0 Å². The van der Waals surface area contributed by atoms with Crippen LogP contribution >= 0.6 is 0 Å². The smallest absolute Gasteiger partial charge is 0.157 e. The molecule has 0 spiro atoms. The molecular formula is C9H18O3. The Kier molecular flexibility index (Phi) is 3.09. The highest BCUT2D eigenvalue weighted by Gasteiger charge is 2.37. The van der Waals surface area contributed by atoms with Crippen LogP contribution in [-0.4, -0.2) is 29.2 Å². The number of rotatable bonds is 1. The molecule has 0 saturated carbocycles. The average molecular weight is 174 g/mol. The summed E-state index contributed by atoms with van der Waals surface area (Å²) in [5, 5.41) is 18.4. The second-order valence-corrected chi connectivity index (χ2v) is 3.83. The van der Waals surface area contributed by atoms with Gasteiger partial charge in [-0.1, -0.05) is 20.8 Å². The minimum atomic E-state index is -0.714. The first kappa shape index (κ1) is 9.96. The van der Waals surface area contributed by atoms with Crippen molar-refractivity contribution in [2.24, 2.45) is 17.8 Å². The number of aliphatic hydroxyl groups is 2. The molecule has 1 fully saturated rings. The zero-order valence-corrected chi connectivity index (χ0v) is 7.90. The Labute approximate surface area is 73.4 Å². The Bertz CT molecular complexity index is 144. The molecule has 0 aromatic carbocycles. The van der Waals surface area contributed by atoms with E-state index >= 15 is 0 Å². The summed E-state index contributed by atoms with van der Waals surface area (Å²) in [4.78, 5) is 0. The fourth-order valence-electron chi connectivity index (χ4n) is 1.71. The molecule has 0 aromatic heterocycles. The minimum Gasteiger partial charge on any atom is -0.394 e. The van der Waals surface area contributed by atoms with Crippen LogP contribution in [0.1, 0.15) is 20.8 Å². The molecule has 0 aromatic rings. The molecule has 1 aliphatic rings. The predicted molar refractivity (Wildman–Crippen MR) is 45.5 cm³/mol. The first-order valence-corrected chi connectivity index (χ1v) is 4.52. The Morgan fingerprint density at radius 2 is 1.67 bits per heavy atom. The third-order valence-corrected chi connectivity index (χ3v) is 3.19. The number of hydrogen-bond acceptors (Lipinski definition) is 3. The third-order valence-electron chi connectivity index (χ3n) is 3.19. The van der Waals surface area contributed by atoms with Crippen molar-refractivity contribution < 1.29 is 14.9 Å². The van der Waals surface area contributed by atoms with Gasteiger partial charge in [-0.2, -0.15) is 0 Å². The maximum absolute atomic E-state index is 9.43. The van der Waals surface area contributed by atoms with Crippen molar-refractivity contribution in [3.05, 3.63) is 0 Å². The van der Waals surface area contributed by atoms with Crippen LogP contribution in [0.4, 0.5) is 0 Å². The van der Waals surface area contributed by atoms with Gasteiger partial charge in [0.05, 0.1) is 12.7 Å². The van der Waals surface area contributed by atoms with Crippen molar-refractivity contribution in [1.29, 1.82) is 0 Å². The van der Waals surface area contributed by atoms with Gasteiger partial charge in [-0.05, 0) is 11.8 Å². The van der Waals surface area contributed by atoms with Crippen LogP contribution in [0.25, 0.3) is 0 Å². The maximum atomic E-state index is 9.43. The molecule has 0 bridgehead atoms. The fraction of sp³-hybridized carbons (Fsp3) is 1.00. The van der Waals surface area contributed by atoms with Crippen molar-refractivity contribution in [2.75, 3.05) is 6.61 Å². The normalized spacial score (nSPS) is 49.2. The second-order valence-electron chi connectivity index (χ2n) is 3.83. The van der Waals surface area contributed by atoms with E-state index in [9.17, 15) is 5.11 Å². The van der Waals surface area contributed by atoms with E-state index in [1.54, 1.807) is 0 Å². The zero-order valence-electron chi connectivity index (χ0n) is 7.90. The van der Waals surface area contributed by atoms with E-state index < -0.39 is 6.29 Å². The predicted octanol–water partition coefficient (Wildman–Crippen LogP) is 0.604. The van der Waals surface area contributed by atoms with Crippen LogP contribution in [0, 0.1) is 17.8 Å². The van der Waals surface area contributed by atoms with Gasteiger partial charge in [0.25, 0.3) is 0 Å². The molecule has 1 saturated heterocycles. The summed E-state index contributed by atoms with van der Waals surface area (Å²) >= 11 is 0. The first-order valence-electron chi connectivity index (χ1n) is 4.52. The monoisotopic (exact) mass is 174 g/mol. The van der Waals surface area contributed by atoms with Crippen LogP contribution in [0.5, 0.6) is 0 Å². The molecule has 1 aliphatic heterocycles. The van der Waals surface area contributed by atoms with Gasteiger partial charge in [0.2, 0.25) is 0 Å². The van der Waals surface area contributed by atoms with E-state index in [4.69, 9.17) is 9.84 Å². The highest BCUT2D eigenvalue weighted by molar-refractivity contribution is 4.81. The van der Waals surface area contributed by atoms with Gasteiger partial charge in [-0.25, -0.2) is 0 Å². The Morgan fingerprint density at radius 1 is 1.08 bits per heavy atom. The highest BCUT2D eigenvalue weighted by atomic mass is 16.6. The molecule has 0 aliphatic carbocycles. The van der Waals surface area contributed by atoms with Crippen LogP contribution in [0.3, 0.4) is 0 Å². The molecule has 0 radical (unpaired) electrons. The summed E-state index contributed by atoms with van der Waals surface area (Å²) in [6.45, 7) is 6.10. The largest absolute Gasteiger partial charge is 0.394 e. The maximum Gasteiger partial charge on any atom is 0.157 e. The van der Waals surface area contributed by atoms with Crippen molar-refractivity contribution in [3.8, 4) is 0 Å². The summed E-state index contributed by atoms with van der Waals surface area (Å²) in [6.07, 6.45) is -0.917. The molecular weight excluding hydrogens is 156 g/mol. The van der Waals surface area contributed by atoms with E-state index in [0.29, 0.717) is 11.8 Å². The Morgan fingerprint density at radius 3 is 2.17 bits per heavy atom. The molecule has 1 heterocycles. The van der Waals surface area contributed by atoms with Crippen LogP contribution in [0.15, 0.2) is 0 Å². The van der Waals surface area contributed by atoms with Crippen molar-refractivity contribution >= 4 is 0 Å². The summed E-state index contributed by atoms with van der Waals surface area (Å²) in [7, 11) is 0. The van der Waals surface area contributed by atoms with Gasteiger partial charge < -0.3 is 14.9 Å². The van der Waals surface area contributed by atoms with Crippen LogP contribution < -0.4 is 0 Å². The van der Waals surface area contributed by atoms with E-state index in [1.165, 1.54) is 0 Å². The summed E-state index contributed by atoms with van der Waals surface area (Å²) in [5.74, 6) is 0.863. The quantitative estimate of drug-likeness (QED) is 0.612. The molecule has 72 valence electrons. The molecule has 2 N–H and O–H groups in total. The van der Waals surface area contributed by atoms with Gasteiger partial charge in [-0.15, -0.1) is 0 Å². The van der Waals surface area contributed by atoms with Gasteiger partial charge in [0, 0.05) is 5.92 Å². The Hall–Kier alpha value is -0.120. The lowest BCUT2D eigenvalue weighted by atomic mass is 9.79. The number of hydrogen-bond donors (Lipinski definition) is 2. The van der Waals surface area contributed by atoms with Crippen molar-refractivity contribution in [3.63, 3.8) is 0 Å². The van der Waals surface area contributed by atoms with Gasteiger partial charge in [-0.3, -0.25) is 0 Å². The lowest BCUT2D eigenvalue weighted by Gasteiger charge is -2.40. The van der Waals surface area contributed by atoms with E-state index in [-0.39, 0.29) is 18.6 Å². The number of aliphatic hydroxyl groups excluding tert-OH is 2. The van der Waals surface area contributed by atoms with E-state index in [0.717, 1.165) is 0 Å². The lowest BCUT2D eigenvalue weighted by molar-refractivity contribution is -0.232. The molecule has 3 nitrogen and oxygen atoms in total. The van der Waals surface area contributed by atoms with Crippen molar-refractivity contribution in [2.45, 2.75) is 33.2 Å². The topological polar surface area (TPSA) is 49.7 Å². The summed E-state index contributed by atoms with van der Waals surface area (Å²) in [5.41, 5.74) is 0. The van der Waals surface area contributed by atoms with E-state index in [2.05, 4.69) is 6.92 Å². The van der Waals surface area contributed by atoms with Crippen LogP contribution in [0.2, 0.25) is 0 Å². The zero-order chi connectivity index (χ0) is 9.30. The first-order chi connectivity index (χ1) is 5.57. The average Bonchev–Trinajstić information content (AvgIpc) is 2.08. The minimum absolute atomic E-state index is 0.00468. The molecule has 3 heteroatoms.